The Bertz CT molecular complexity index is 610. The second-order valence-electron chi connectivity index (χ2n) is 5.57. The van der Waals surface area contributed by atoms with Gasteiger partial charge in [-0.1, -0.05) is 29.8 Å². The first-order valence-electron chi connectivity index (χ1n) is 6.81. The predicted molar refractivity (Wildman–Crippen MR) is 82.3 cm³/mol. The highest BCUT2D eigenvalue weighted by Crippen LogP contribution is 2.34. The van der Waals surface area contributed by atoms with Gasteiger partial charge in [0, 0.05) is 0 Å². The summed E-state index contributed by atoms with van der Waals surface area (Å²) in [6.45, 7) is 7.88. The molecule has 0 aliphatic rings. The topological polar surface area (TPSA) is 29.5 Å². The van der Waals surface area contributed by atoms with Crippen LogP contribution in [0.15, 0.2) is 36.4 Å². The Morgan fingerprint density at radius 3 is 2.10 bits per heavy atom. The fourth-order valence-corrected chi connectivity index (χ4v) is 2.57. The third-order valence-electron chi connectivity index (χ3n) is 3.88. The lowest BCUT2D eigenvalue weighted by Gasteiger charge is -2.27. The van der Waals surface area contributed by atoms with Crippen LogP contribution in [0.2, 0.25) is 0 Å². The molecule has 0 saturated heterocycles. The molecule has 0 spiro atoms. The normalized spacial score (nSPS) is 13.9. The maximum Gasteiger partial charge on any atom is 0.122 e. The van der Waals surface area contributed by atoms with Crippen molar-refractivity contribution < 1.29 is 9.84 Å². The van der Waals surface area contributed by atoms with Crippen molar-refractivity contribution in [2.45, 2.75) is 33.3 Å². The fraction of sp³-hybridized carbons (Fsp3) is 0.333. The predicted octanol–water partition coefficient (Wildman–Crippen LogP) is 3.88. The largest absolute Gasteiger partial charge is 0.496 e. The average Bonchev–Trinajstić information content (AvgIpc) is 2.41. The van der Waals surface area contributed by atoms with Gasteiger partial charge in [0.05, 0.1) is 7.11 Å². The van der Waals surface area contributed by atoms with Gasteiger partial charge in [0.15, 0.2) is 0 Å². The van der Waals surface area contributed by atoms with Crippen LogP contribution in [0.5, 0.6) is 5.75 Å². The average molecular weight is 270 g/mol. The van der Waals surface area contributed by atoms with E-state index in [0.717, 1.165) is 28.0 Å². The van der Waals surface area contributed by atoms with Gasteiger partial charge in [-0.2, -0.15) is 0 Å². The number of hydrogen-bond donors (Lipinski definition) is 1. The van der Waals surface area contributed by atoms with Crippen molar-refractivity contribution in [1.82, 2.24) is 0 Å². The summed E-state index contributed by atoms with van der Waals surface area (Å²) < 4.78 is 5.33. The second kappa shape index (κ2) is 5.29. The Balaban J connectivity index is 2.54. The van der Waals surface area contributed by atoms with Gasteiger partial charge in [0.2, 0.25) is 0 Å². The van der Waals surface area contributed by atoms with Crippen LogP contribution < -0.4 is 4.74 Å². The number of aliphatic hydroxyl groups is 1. The Labute approximate surface area is 121 Å². The quantitative estimate of drug-likeness (QED) is 0.917. The Morgan fingerprint density at radius 2 is 1.55 bits per heavy atom. The van der Waals surface area contributed by atoms with Gasteiger partial charge in [-0.25, -0.2) is 0 Å². The highest BCUT2D eigenvalue weighted by molar-refractivity contribution is 5.47. The Morgan fingerprint density at radius 1 is 0.950 bits per heavy atom. The molecule has 0 radical (unpaired) electrons. The van der Waals surface area contributed by atoms with Gasteiger partial charge < -0.3 is 9.84 Å². The Hall–Kier alpha value is -1.80. The van der Waals surface area contributed by atoms with Crippen molar-refractivity contribution in [2.24, 2.45) is 0 Å². The van der Waals surface area contributed by atoms with E-state index in [9.17, 15) is 5.11 Å². The lowest BCUT2D eigenvalue weighted by Crippen LogP contribution is -2.24. The number of rotatable bonds is 3. The third-order valence-corrected chi connectivity index (χ3v) is 3.88. The number of methoxy groups -OCH3 is 1. The van der Waals surface area contributed by atoms with E-state index in [1.54, 1.807) is 7.11 Å². The molecule has 0 aromatic heterocycles. The molecule has 0 bridgehead atoms. The van der Waals surface area contributed by atoms with Crippen LogP contribution >= 0.6 is 0 Å². The summed E-state index contributed by atoms with van der Waals surface area (Å²) in [4.78, 5) is 0. The van der Waals surface area contributed by atoms with Crippen LogP contribution in [0.4, 0.5) is 0 Å². The van der Waals surface area contributed by atoms with Crippen molar-refractivity contribution in [2.75, 3.05) is 7.11 Å². The van der Waals surface area contributed by atoms with Crippen molar-refractivity contribution in [3.63, 3.8) is 0 Å². The lowest BCUT2D eigenvalue weighted by atomic mass is 9.84. The molecule has 106 valence electrons. The minimum Gasteiger partial charge on any atom is -0.496 e. The van der Waals surface area contributed by atoms with Gasteiger partial charge in [-0.05, 0) is 62.1 Å². The van der Waals surface area contributed by atoms with Gasteiger partial charge in [-0.3, -0.25) is 0 Å². The highest BCUT2D eigenvalue weighted by atomic mass is 16.5. The zero-order valence-corrected chi connectivity index (χ0v) is 12.8. The maximum absolute atomic E-state index is 11.0. The van der Waals surface area contributed by atoms with Gasteiger partial charge >= 0.3 is 0 Å². The summed E-state index contributed by atoms with van der Waals surface area (Å²) in [5.41, 5.74) is 4.05. The molecular formula is C18H22O2. The van der Waals surface area contributed by atoms with Crippen LogP contribution in [0.3, 0.4) is 0 Å². The van der Waals surface area contributed by atoms with E-state index in [2.05, 4.69) is 0 Å². The zero-order valence-electron chi connectivity index (χ0n) is 12.8. The van der Waals surface area contributed by atoms with Gasteiger partial charge in [0.1, 0.15) is 11.4 Å². The minimum absolute atomic E-state index is 0.853. The van der Waals surface area contributed by atoms with Gasteiger partial charge in [-0.15, -0.1) is 0 Å². The van der Waals surface area contributed by atoms with E-state index < -0.39 is 5.60 Å². The van der Waals surface area contributed by atoms with E-state index in [-0.39, 0.29) is 0 Å². The lowest BCUT2D eigenvalue weighted by molar-refractivity contribution is 0.101. The zero-order chi connectivity index (χ0) is 14.9. The second-order valence-corrected chi connectivity index (χ2v) is 5.57. The third kappa shape index (κ3) is 2.56. The maximum atomic E-state index is 11.0. The van der Waals surface area contributed by atoms with Crippen LogP contribution in [0.1, 0.15) is 34.7 Å². The molecule has 1 atom stereocenters. The van der Waals surface area contributed by atoms with Gasteiger partial charge in [0.25, 0.3) is 0 Å². The highest BCUT2D eigenvalue weighted by Gasteiger charge is 2.28. The fourth-order valence-electron chi connectivity index (χ4n) is 2.57. The summed E-state index contributed by atoms with van der Waals surface area (Å²) in [6.07, 6.45) is 0. The first kappa shape index (κ1) is 14.6. The van der Waals surface area contributed by atoms with E-state index >= 15 is 0 Å². The molecule has 2 aromatic rings. The molecule has 1 unspecified atom stereocenters. The molecular weight excluding hydrogens is 248 g/mol. The summed E-state index contributed by atoms with van der Waals surface area (Å²) in [6, 6.07) is 12.0. The first-order valence-corrected chi connectivity index (χ1v) is 6.81. The SMILES string of the molecule is COc1cc(C)c(C(C)(O)c2ccc(C)cc2)cc1C. The van der Waals surface area contributed by atoms with Crippen molar-refractivity contribution >= 4 is 0 Å². The molecule has 0 amide bonds. The Kier molecular flexibility index (Phi) is 3.87. The summed E-state index contributed by atoms with van der Waals surface area (Å²) >= 11 is 0. The number of hydrogen-bond acceptors (Lipinski definition) is 2. The summed E-state index contributed by atoms with van der Waals surface area (Å²) in [5, 5.41) is 11.0. The smallest absolute Gasteiger partial charge is 0.122 e. The van der Waals surface area contributed by atoms with Crippen molar-refractivity contribution in [3.05, 3.63) is 64.2 Å². The molecule has 2 heteroatoms. The van der Waals surface area contributed by atoms with Crippen LogP contribution in [0, 0.1) is 20.8 Å². The summed E-state index contributed by atoms with van der Waals surface area (Å²) in [5.74, 6) is 0.853. The van der Waals surface area contributed by atoms with Crippen molar-refractivity contribution in [1.29, 1.82) is 0 Å². The molecule has 2 rings (SSSR count). The van der Waals surface area contributed by atoms with Crippen LogP contribution in [0.25, 0.3) is 0 Å². The molecule has 0 aliphatic carbocycles. The molecule has 1 N–H and O–H groups in total. The monoisotopic (exact) mass is 270 g/mol. The number of aryl methyl sites for hydroxylation is 3. The number of benzene rings is 2. The molecule has 0 fully saturated rings. The van der Waals surface area contributed by atoms with E-state index in [0.29, 0.717) is 0 Å². The molecule has 2 nitrogen and oxygen atoms in total. The van der Waals surface area contributed by atoms with E-state index in [4.69, 9.17) is 4.74 Å². The van der Waals surface area contributed by atoms with E-state index in [1.165, 1.54) is 5.56 Å². The van der Waals surface area contributed by atoms with Crippen LogP contribution in [-0.4, -0.2) is 12.2 Å². The summed E-state index contributed by atoms with van der Waals surface area (Å²) in [7, 11) is 1.67. The first-order chi connectivity index (χ1) is 9.36. The van der Waals surface area contributed by atoms with E-state index in [1.807, 2.05) is 64.1 Å². The molecule has 0 aliphatic heterocycles. The van der Waals surface area contributed by atoms with Crippen molar-refractivity contribution in [3.8, 4) is 5.75 Å². The number of ether oxygens (including phenoxy) is 1. The molecule has 20 heavy (non-hydrogen) atoms. The van der Waals surface area contributed by atoms with Crippen LogP contribution in [-0.2, 0) is 5.60 Å². The molecule has 0 heterocycles. The molecule has 2 aromatic carbocycles. The standard InChI is InChI=1S/C18H22O2/c1-12-6-8-15(9-7-12)18(4,19)16-10-14(3)17(20-5)11-13(16)2/h6-11,19H,1-5H3. The minimum atomic E-state index is -1.01. The molecule has 0 saturated carbocycles.